The molecule has 0 amide bonds. The highest BCUT2D eigenvalue weighted by Gasteiger charge is 2.09. The van der Waals surface area contributed by atoms with Crippen LogP contribution in [-0.4, -0.2) is 12.0 Å². The van der Waals surface area contributed by atoms with Gasteiger partial charge in [-0.05, 0) is 40.1 Å². The van der Waals surface area contributed by atoms with Crippen molar-refractivity contribution in [3.8, 4) is 11.5 Å². The number of rotatable bonds is 8. The summed E-state index contributed by atoms with van der Waals surface area (Å²) in [6.07, 6.45) is 0. The molecule has 156 valence electrons. The third-order valence-corrected chi connectivity index (χ3v) is 5.04. The van der Waals surface area contributed by atoms with E-state index in [-0.39, 0.29) is 5.69 Å². The Morgan fingerprint density at radius 3 is 2.55 bits per heavy atom. The van der Waals surface area contributed by atoms with Crippen LogP contribution in [0.1, 0.15) is 11.1 Å². The molecular weight excluding hydrogens is 392 g/mol. The summed E-state index contributed by atoms with van der Waals surface area (Å²) >= 11 is 0. The van der Waals surface area contributed by atoms with E-state index in [2.05, 4.69) is 29.6 Å². The van der Waals surface area contributed by atoms with Gasteiger partial charge in [-0.2, -0.15) is 0 Å². The molecule has 4 aromatic carbocycles. The average Bonchev–Trinajstić information content (AvgIpc) is 2.81. The van der Waals surface area contributed by atoms with Crippen molar-refractivity contribution < 1.29 is 14.4 Å². The van der Waals surface area contributed by atoms with E-state index in [1.54, 1.807) is 19.2 Å². The highest BCUT2D eigenvalue weighted by atomic mass is 16.6. The molecule has 1 N–H and O–H groups in total. The zero-order valence-corrected chi connectivity index (χ0v) is 17.1. The summed E-state index contributed by atoms with van der Waals surface area (Å²) in [6, 6.07) is 26.6. The number of nitrogens with one attached hydrogen (secondary N) is 1. The molecule has 0 saturated heterocycles. The third kappa shape index (κ3) is 4.75. The van der Waals surface area contributed by atoms with E-state index in [1.165, 1.54) is 22.9 Å². The van der Waals surface area contributed by atoms with Gasteiger partial charge < -0.3 is 14.8 Å². The first-order valence-corrected chi connectivity index (χ1v) is 9.89. The summed E-state index contributed by atoms with van der Waals surface area (Å²) in [5.41, 5.74) is 2.82. The Bertz CT molecular complexity index is 1220. The van der Waals surface area contributed by atoms with Gasteiger partial charge in [0.1, 0.15) is 6.61 Å². The molecule has 0 aliphatic carbocycles. The second-order valence-corrected chi connectivity index (χ2v) is 7.07. The molecule has 31 heavy (non-hydrogen) atoms. The Labute approximate surface area is 180 Å². The molecule has 0 bridgehead atoms. The number of non-ortho nitro benzene ring substituents is 1. The summed E-state index contributed by atoms with van der Waals surface area (Å²) in [7, 11) is 1.61. The third-order valence-electron chi connectivity index (χ3n) is 5.04. The number of hydrogen-bond donors (Lipinski definition) is 1. The molecule has 0 radical (unpaired) electrons. The predicted octanol–water partition coefficient (Wildman–Crippen LogP) is 5.95. The normalized spacial score (nSPS) is 10.6. The molecule has 0 aliphatic heterocycles. The molecule has 4 rings (SSSR count). The maximum absolute atomic E-state index is 10.9. The zero-order chi connectivity index (χ0) is 21.6. The maximum Gasteiger partial charge on any atom is 0.271 e. The van der Waals surface area contributed by atoms with Crippen molar-refractivity contribution in [1.82, 2.24) is 0 Å². The van der Waals surface area contributed by atoms with E-state index < -0.39 is 4.92 Å². The van der Waals surface area contributed by atoms with Crippen LogP contribution in [0.5, 0.6) is 11.5 Å². The van der Waals surface area contributed by atoms with Gasteiger partial charge in [0.05, 0.1) is 12.0 Å². The molecular formula is C25H22N2O4. The minimum absolute atomic E-state index is 0.0553. The summed E-state index contributed by atoms with van der Waals surface area (Å²) in [6.45, 7) is 0.935. The number of methoxy groups -OCH3 is 1. The Morgan fingerprint density at radius 1 is 0.903 bits per heavy atom. The zero-order valence-electron chi connectivity index (χ0n) is 17.1. The second-order valence-electron chi connectivity index (χ2n) is 7.07. The van der Waals surface area contributed by atoms with E-state index in [0.29, 0.717) is 30.3 Å². The minimum Gasteiger partial charge on any atom is -0.493 e. The highest BCUT2D eigenvalue weighted by Crippen LogP contribution is 2.30. The van der Waals surface area contributed by atoms with Crippen LogP contribution in [0.2, 0.25) is 0 Å². The predicted molar refractivity (Wildman–Crippen MR) is 122 cm³/mol. The van der Waals surface area contributed by atoms with Crippen LogP contribution in [0, 0.1) is 10.1 Å². The fourth-order valence-corrected chi connectivity index (χ4v) is 3.45. The smallest absolute Gasteiger partial charge is 0.271 e. The minimum atomic E-state index is -0.406. The van der Waals surface area contributed by atoms with Gasteiger partial charge >= 0.3 is 0 Å². The Balaban J connectivity index is 1.45. The second kappa shape index (κ2) is 9.17. The van der Waals surface area contributed by atoms with Crippen LogP contribution < -0.4 is 14.8 Å². The van der Waals surface area contributed by atoms with Gasteiger partial charge in [-0.1, -0.05) is 54.6 Å². The van der Waals surface area contributed by atoms with Gasteiger partial charge in [0.25, 0.3) is 5.69 Å². The summed E-state index contributed by atoms with van der Waals surface area (Å²) in [5, 5.41) is 16.5. The van der Waals surface area contributed by atoms with E-state index in [4.69, 9.17) is 9.47 Å². The average molecular weight is 414 g/mol. The topological polar surface area (TPSA) is 73.6 Å². The van der Waals surface area contributed by atoms with Gasteiger partial charge in [0, 0.05) is 24.4 Å². The molecule has 4 aromatic rings. The fourth-order valence-electron chi connectivity index (χ4n) is 3.45. The number of benzene rings is 4. The van der Waals surface area contributed by atoms with Crippen LogP contribution in [0.25, 0.3) is 10.8 Å². The summed E-state index contributed by atoms with van der Waals surface area (Å²) < 4.78 is 11.6. The van der Waals surface area contributed by atoms with Gasteiger partial charge in [0.2, 0.25) is 0 Å². The highest BCUT2D eigenvalue weighted by molar-refractivity contribution is 5.85. The van der Waals surface area contributed by atoms with Crippen LogP contribution in [0.4, 0.5) is 11.4 Å². The monoisotopic (exact) mass is 414 g/mol. The molecule has 6 nitrogen and oxygen atoms in total. The van der Waals surface area contributed by atoms with Crippen molar-refractivity contribution in [2.24, 2.45) is 0 Å². The number of hydrogen-bond acceptors (Lipinski definition) is 5. The van der Waals surface area contributed by atoms with Crippen molar-refractivity contribution in [3.05, 3.63) is 106 Å². The quantitative estimate of drug-likeness (QED) is 0.285. The first kappa shape index (κ1) is 20.2. The fraction of sp³-hybridized carbons (Fsp3) is 0.120. The lowest BCUT2D eigenvalue weighted by Gasteiger charge is -2.14. The molecule has 0 aliphatic rings. The number of anilines is 1. The maximum atomic E-state index is 10.9. The molecule has 6 heteroatoms. The van der Waals surface area contributed by atoms with E-state index in [1.807, 2.05) is 36.4 Å². The van der Waals surface area contributed by atoms with Crippen molar-refractivity contribution in [3.63, 3.8) is 0 Å². The molecule has 0 saturated carbocycles. The van der Waals surface area contributed by atoms with Crippen LogP contribution in [-0.2, 0) is 13.2 Å². The number of nitro benzene ring substituents is 1. The largest absolute Gasteiger partial charge is 0.493 e. The molecule has 0 fully saturated rings. The number of fused-ring (bicyclic) bond motifs is 1. The van der Waals surface area contributed by atoms with Crippen molar-refractivity contribution >= 4 is 22.1 Å². The van der Waals surface area contributed by atoms with Crippen LogP contribution in [0.15, 0.2) is 84.9 Å². The number of nitro groups is 1. The lowest BCUT2D eigenvalue weighted by Crippen LogP contribution is -2.02. The molecule has 0 heterocycles. The molecule has 0 atom stereocenters. The Hall–Kier alpha value is -4.06. The lowest BCUT2D eigenvalue weighted by atomic mass is 10.1. The van der Waals surface area contributed by atoms with Crippen LogP contribution >= 0.6 is 0 Å². The van der Waals surface area contributed by atoms with E-state index in [0.717, 1.165) is 11.1 Å². The standard InChI is InChI=1S/C25H22N2O4/c1-30-25-14-18(16-26-21-9-5-10-22(15-21)27(28)29)12-13-24(25)31-17-20-8-4-7-19-6-2-3-11-23(19)20/h2-15,26H,16-17H2,1H3. The number of nitrogens with zero attached hydrogens (tertiary/aromatic N) is 1. The van der Waals surface area contributed by atoms with Gasteiger partial charge in [-0.3, -0.25) is 10.1 Å². The Morgan fingerprint density at radius 2 is 1.71 bits per heavy atom. The van der Waals surface area contributed by atoms with Gasteiger partial charge in [-0.25, -0.2) is 0 Å². The molecule has 0 aromatic heterocycles. The van der Waals surface area contributed by atoms with Gasteiger partial charge in [0.15, 0.2) is 11.5 Å². The van der Waals surface area contributed by atoms with Crippen LogP contribution in [0.3, 0.4) is 0 Å². The Kier molecular flexibility index (Phi) is 5.98. The summed E-state index contributed by atoms with van der Waals surface area (Å²) in [4.78, 5) is 10.5. The van der Waals surface area contributed by atoms with Gasteiger partial charge in [-0.15, -0.1) is 0 Å². The molecule has 0 unspecified atom stereocenters. The van der Waals surface area contributed by atoms with E-state index >= 15 is 0 Å². The van der Waals surface area contributed by atoms with Crippen molar-refractivity contribution in [1.29, 1.82) is 0 Å². The summed E-state index contributed by atoms with van der Waals surface area (Å²) in [5.74, 6) is 1.30. The first-order valence-electron chi connectivity index (χ1n) is 9.89. The van der Waals surface area contributed by atoms with Crippen molar-refractivity contribution in [2.75, 3.05) is 12.4 Å². The van der Waals surface area contributed by atoms with Crippen molar-refractivity contribution in [2.45, 2.75) is 13.2 Å². The van der Waals surface area contributed by atoms with E-state index in [9.17, 15) is 10.1 Å². The number of ether oxygens (including phenoxy) is 2. The lowest BCUT2D eigenvalue weighted by molar-refractivity contribution is -0.384. The first-order chi connectivity index (χ1) is 15.1. The SMILES string of the molecule is COc1cc(CNc2cccc([N+](=O)[O-])c2)ccc1OCc1cccc2ccccc12. The molecule has 0 spiro atoms.